The maximum atomic E-state index is 12.2. The molecule has 7 nitrogen and oxygen atoms in total. The Morgan fingerprint density at radius 1 is 1.15 bits per heavy atom. The quantitative estimate of drug-likeness (QED) is 0.593. The molecule has 7 heteroatoms. The van der Waals surface area contributed by atoms with Crippen molar-refractivity contribution in [3.63, 3.8) is 0 Å². The Morgan fingerprint density at radius 3 is 2.73 bits per heavy atom. The van der Waals surface area contributed by atoms with Gasteiger partial charge in [-0.05, 0) is 37.6 Å². The van der Waals surface area contributed by atoms with E-state index in [-0.39, 0.29) is 5.56 Å². The van der Waals surface area contributed by atoms with Crippen LogP contribution in [-0.2, 0) is 6.54 Å². The lowest BCUT2D eigenvalue weighted by atomic mass is 10.1. The van der Waals surface area contributed by atoms with Gasteiger partial charge in [-0.1, -0.05) is 18.2 Å². The number of H-pyrrole nitrogens is 1. The van der Waals surface area contributed by atoms with E-state index in [4.69, 9.17) is 0 Å². The molecule has 2 N–H and O–H groups in total. The second-order valence-corrected chi connectivity index (χ2v) is 6.15. The van der Waals surface area contributed by atoms with Crippen LogP contribution in [0.25, 0.3) is 16.7 Å². The van der Waals surface area contributed by atoms with E-state index in [1.807, 2.05) is 50.2 Å². The smallest absolute Gasteiger partial charge is 0.253 e. The molecule has 3 aromatic heterocycles. The average Bonchev–Trinajstić information content (AvgIpc) is 3.06. The first-order valence-corrected chi connectivity index (χ1v) is 8.31. The first-order chi connectivity index (χ1) is 12.6. The van der Waals surface area contributed by atoms with Gasteiger partial charge in [0.05, 0.1) is 17.3 Å². The molecule has 26 heavy (non-hydrogen) atoms. The van der Waals surface area contributed by atoms with Gasteiger partial charge in [-0.2, -0.15) is 5.10 Å². The third-order valence-electron chi connectivity index (χ3n) is 4.29. The number of anilines is 1. The first kappa shape index (κ1) is 16.0. The van der Waals surface area contributed by atoms with Gasteiger partial charge in [-0.25, -0.2) is 14.6 Å². The number of hydrogen-bond acceptors (Lipinski definition) is 5. The zero-order valence-corrected chi connectivity index (χ0v) is 14.5. The highest BCUT2D eigenvalue weighted by Gasteiger charge is 2.12. The van der Waals surface area contributed by atoms with E-state index in [0.717, 1.165) is 22.3 Å². The van der Waals surface area contributed by atoms with Gasteiger partial charge >= 0.3 is 0 Å². The number of aromatic nitrogens is 5. The van der Waals surface area contributed by atoms with Crippen LogP contribution in [0.4, 0.5) is 5.82 Å². The van der Waals surface area contributed by atoms with E-state index >= 15 is 0 Å². The van der Waals surface area contributed by atoms with Crippen LogP contribution in [0.1, 0.15) is 16.8 Å². The van der Waals surface area contributed by atoms with E-state index in [9.17, 15) is 4.79 Å². The van der Waals surface area contributed by atoms with Crippen molar-refractivity contribution < 1.29 is 0 Å². The summed E-state index contributed by atoms with van der Waals surface area (Å²) in [6, 6.07) is 11.8. The van der Waals surface area contributed by atoms with Gasteiger partial charge in [0, 0.05) is 17.8 Å². The minimum atomic E-state index is -0.0831. The molecule has 0 unspecified atom stereocenters. The van der Waals surface area contributed by atoms with Crippen molar-refractivity contribution in [2.45, 2.75) is 20.4 Å². The maximum absolute atomic E-state index is 12.2. The number of fused-ring (bicyclic) bond motifs is 1. The summed E-state index contributed by atoms with van der Waals surface area (Å²) in [5.74, 6) is 0.650. The van der Waals surface area contributed by atoms with Crippen molar-refractivity contribution >= 4 is 16.9 Å². The molecule has 0 aliphatic rings. The number of nitrogens with one attached hydrogen (secondary N) is 2. The van der Waals surface area contributed by atoms with Crippen LogP contribution in [-0.4, -0.2) is 24.7 Å². The summed E-state index contributed by atoms with van der Waals surface area (Å²) in [5, 5.41) is 8.48. The average molecular weight is 346 g/mol. The number of aryl methyl sites for hydroxylation is 2. The lowest BCUT2D eigenvalue weighted by molar-refractivity contribution is 0.895. The number of aromatic amines is 1. The Bertz CT molecular complexity index is 1130. The molecule has 0 amide bonds. The first-order valence-electron chi connectivity index (χ1n) is 8.31. The number of rotatable bonds is 4. The molecule has 0 radical (unpaired) electrons. The van der Waals surface area contributed by atoms with Crippen LogP contribution in [0.3, 0.4) is 0 Å². The molecule has 0 saturated heterocycles. The highest BCUT2D eigenvalue weighted by molar-refractivity contribution is 5.87. The van der Waals surface area contributed by atoms with Gasteiger partial charge in [0.1, 0.15) is 12.1 Å². The molecule has 0 spiro atoms. The fourth-order valence-corrected chi connectivity index (χ4v) is 3.02. The number of hydrogen-bond donors (Lipinski definition) is 2. The lowest BCUT2D eigenvalue weighted by Gasteiger charge is -2.09. The number of pyridine rings is 1. The van der Waals surface area contributed by atoms with Crippen molar-refractivity contribution in [1.82, 2.24) is 24.7 Å². The predicted molar refractivity (Wildman–Crippen MR) is 101 cm³/mol. The molecular weight excluding hydrogens is 328 g/mol. The maximum Gasteiger partial charge on any atom is 0.253 e. The topological polar surface area (TPSA) is 88.5 Å². The standard InChI is InChI=1S/C19H18N6O/c1-12-8-13(2)24-19(26)15(12)9-20-17-16-10-23-25(18(16)22-11-21-17)14-6-4-3-5-7-14/h3-8,10-11H,9H2,1-2H3,(H,24,26)(H,20,21,22). The fraction of sp³-hybridized carbons (Fsp3) is 0.158. The second-order valence-electron chi connectivity index (χ2n) is 6.15. The number of para-hydroxylation sites is 1. The molecule has 0 bridgehead atoms. The van der Waals surface area contributed by atoms with Crippen LogP contribution in [0.2, 0.25) is 0 Å². The molecule has 0 fully saturated rings. The predicted octanol–water partition coefficient (Wildman–Crippen LogP) is 2.73. The van der Waals surface area contributed by atoms with Crippen molar-refractivity contribution in [3.05, 3.63) is 76.1 Å². The third-order valence-corrected chi connectivity index (χ3v) is 4.29. The minimum absolute atomic E-state index is 0.0831. The highest BCUT2D eigenvalue weighted by Crippen LogP contribution is 2.22. The van der Waals surface area contributed by atoms with Crippen LogP contribution in [0.5, 0.6) is 0 Å². The van der Waals surface area contributed by atoms with Gasteiger partial charge in [0.2, 0.25) is 0 Å². The van der Waals surface area contributed by atoms with Gasteiger partial charge in [-0.3, -0.25) is 4.79 Å². The minimum Gasteiger partial charge on any atom is -0.365 e. The fourth-order valence-electron chi connectivity index (χ4n) is 3.02. The Balaban J connectivity index is 1.68. The summed E-state index contributed by atoms with van der Waals surface area (Å²) in [5.41, 5.74) is 4.05. The largest absolute Gasteiger partial charge is 0.365 e. The van der Waals surface area contributed by atoms with Crippen molar-refractivity contribution in [3.8, 4) is 5.69 Å². The molecule has 4 aromatic rings. The van der Waals surface area contributed by atoms with Gasteiger partial charge in [0.25, 0.3) is 5.56 Å². The number of nitrogens with zero attached hydrogens (tertiary/aromatic N) is 4. The van der Waals surface area contributed by atoms with Crippen LogP contribution >= 0.6 is 0 Å². The van der Waals surface area contributed by atoms with E-state index in [1.54, 1.807) is 10.9 Å². The van der Waals surface area contributed by atoms with Gasteiger partial charge in [-0.15, -0.1) is 0 Å². The molecule has 4 rings (SSSR count). The molecule has 3 heterocycles. The van der Waals surface area contributed by atoms with Crippen LogP contribution in [0, 0.1) is 13.8 Å². The Morgan fingerprint density at radius 2 is 1.96 bits per heavy atom. The summed E-state index contributed by atoms with van der Waals surface area (Å²) in [6.07, 6.45) is 3.23. The second kappa shape index (κ2) is 6.44. The number of benzene rings is 1. The summed E-state index contributed by atoms with van der Waals surface area (Å²) in [7, 11) is 0. The van der Waals surface area contributed by atoms with Crippen molar-refractivity contribution in [2.75, 3.05) is 5.32 Å². The molecule has 0 atom stereocenters. The van der Waals surface area contributed by atoms with E-state index in [1.165, 1.54) is 6.33 Å². The zero-order valence-electron chi connectivity index (χ0n) is 14.5. The molecular formula is C19H18N6O. The molecule has 130 valence electrons. The lowest BCUT2D eigenvalue weighted by Crippen LogP contribution is -2.18. The van der Waals surface area contributed by atoms with E-state index in [0.29, 0.717) is 23.6 Å². The highest BCUT2D eigenvalue weighted by atomic mass is 16.1. The summed E-state index contributed by atoms with van der Waals surface area (Å²) in [4.78, 5) is 23.7. The zero-order chi connectivity index (χ0) is 18.1. The van der Waals surface area contributed by atoms with E-state index in [2.05, 4.69) is 25.4 Å². The normalized spacial score (nSPS) is 11.0. The monoisotopic (exact) mass is 346 g/mol. The SMILES string of the molecule is Cc1cc(C)c(CNc2ncnc3c2cnn3-c2ccccc2)c(=O)[nH]1. The van der Waals surface area contributed by atoms with Crippen LogP contribution < -0.4 is 10.9 Å². The van der Waals surface area contributed by atoms with Crippen molar-refractivity contribution in [2.24, 2.45) is 0 Å². The van der Waals surface area contributed by atoms with E-state index < -0.39 is 0 Å². The van der Waals surface area contributed by atoms with Crippen molar-refractivity contribution in [1.29, 1.82) is 0 Å². The Hall–Kier alpha value is -3.48. The van der Waals surface area contributed by atoms with Gasteiger partial charge in [0.15, 0.2) is 5.65 Å². The van der Waals surface area contributed by atoms with Crippen LogP contribution in [0.15, 0.2) is 53.7 Å². The molecule has 0 aliphatic heterocycles. The molecule has 1 aromatic carbocycles. The molecule has 0 aliphatic carbocycles. The summed E-state index contributed by atoms with van der Waals surface area (Å²) >= 11 is 0. The molecule has 0 saturated carbocycles. The third kappa shape index (κ3) is 2.83. The van der Waals surface area contributed by atoms with Gasteiger partial charge < -0.3 is 10.3 Å². The summed E-state index contributed by atoms with van der Waals surface area (Å²) < 4.78 is 1.77. The Kier molecular flexibility index (Phi) is 3.96. The Labute approximate surface area is 149 Å². The summed E-state index contributed by atoms with van der Waals surface area (Å²) in [6.45, 7) is 4.18.